The third kappa shape index (κ3) is 3.36. The largest absolute Gasteiger partial charge is 0.487 e. The fourth-order valence-corrected chi connectivity index (χ4v) is 2.03. The van der Waals surface area contributed by atoms with Crippen molar-refractivity contribution in [2.75, 3.05) is 0 Å². The maximum atomic E-state index is 13.8. The van der Waals surface area contributed by atoms with Crippen molar-refractivity contribution < 1.29 is 9.13 Å². The summed E-state index contributed by atoms with van der Waals surface area (Å²) in [5, 5.41) is 0.411. The van der Waals surface area contributed by atoms with Crippen LogP contribution in [0.25, 0.3) is 0 Å². The van der Waals surface area contributed by atoms with E-state index in [1.165, 1.54) is 12.1 Å². The summed E-state index contributed by atoms with van der Waals surface area (Å²) >= 11 is 6.08. The predicted molar refractivity (Wildman–Crippen MR) is 76.1 cm³/mol. The van der Waals surface area contributed by atoms with E-state index in [-0.39, 0.29) is 5.82 Å². The molecule has 0 aromatic heterocycles. The molecule has 0 bridgehead atoms. The molecule has 2 aromatic carbocycles. The second-order valence-electron chi connectivity index (χ2n) is 4.10. The number of halogens is 2. The third-order valence-electron chi connectivity index (χ3n) is 2.73. The molecule has 0 amide bonds. The van der Waals surface area contributed by atoms with Gasteiger partial charge in [0.05, 0.1) is 5.02 Å². The smallest absolute Gasteiger partial charge is 0.144 e. The third-order valence-corrected chi connectivity index (χ3v) is 3.03. The lowest BCUT2D eigenvalue weighted by Crippen LogP contribution is -2.01. The van der Waals surface area contributed by atoms with Gasteiger partial charge in [0, 0.05) is 5.56 Å². The van der Waals surface area contributed by atoms with E-state index in [9.17, 15) is 4.39 Å². The monoisotopic (exact) mass is 276 g/mol. The molecule has 0 aliphatic carbocycles. The Hall–Kier alpha value is -1.80. The van der Waals surface area contributed by atoms with Gasteiger partial charge in [-0.25, -0.2) is 4.39 Å². The van der Waals surface area contributed by atoms with E-state index >= 15 is 0 Å². The number of benzene rings is 2. The van der Waals surface area contributed by atoms with Gasteiger partial charge in [-0.15, -0.1) is 6.58 Å². The summed E-state index contributed by atoms with van der Waals surface area (Å²) in [4.78, 5) is 0. The Morgan fingerprint density at radius 2 is 1.89 bits per heavy atom. The number of hydrogen-bond acceptors (Lipinski definition) is 1. The molecule has 1 nitrogen and oxygen atoms in total. The van der Waals surface area contributed by atoms with Gasteiger partial charge in [0.25, 0.3) is 0 Å². The summed E-state index contributed by atoms with van der Waals surface area (Å²) in [5.41, 5.74) is 1.45. The number of allylic oxidation sites excluding steroid dienone is 1. The molecule has 98 valence electrons. The van der Waals surface area contributed by atoms with Crippen LogP contribution in [0.5, 0.6) is 5.75 Å². The Balaban J connectivity index is 2.23. The SMILES string of the molecule is C=CCc1c(F)ccc(Cl)c1OCc1ccccc1. The molecule has 0 radical (unpaired) electrons. The second-order valence-corrected chi connectivity index (χ2v) is 4.51. The van der Waals surface area contributed by atoms with Gasteiger partial charge in [0.1, 0.15) is 18.2 Å². The van der Waals surface area contributed by atoms with E-state index in [0.717, 1.165) is 5.56 Å². The van der Waals surface area contributed by atoms with Gasteiger partial charge in [-0.2, -0.15) is 0 Å². The lowest BCUT2D eigenvalue weighted by atomic mass is 10.1. The molecule has 2 aromatic rings. The first-order valence-corrected chi connectivity index (χ1v) is 6.34. The molecule has 19 heavy (non-hydrogen) atoms. The number of ether oxygens (including phenoxy) is 1. The second kappa shape index (κ2) is 6.39. The van der Waals surface area contributed by atoms with Crippen molar-refractivity contribution in [2.45, 2.75) is 13.0 Å². The quantitative estimate of drug-likeness (QED) is 0.714. The molecule has 0 aliphatic heterocycles. The molecule has 0 atom stereocenters. The van der Waals surface area contributed by atoms with E-state index < -0.39 is 0 Å². The zero-order chi connectivity index (χ0) is 13.7. The molecule has 0 unspecified atom stereocenters. The summed E-state index contributed by atoms with van der Waals surface area (Å²) in [6.45, 7) is 3.98. The summed E-state index contributed by atoms with van der Waals surface area (Å²) in [6.07, 6.45) is 2.01. The number of rotatable bonds is 5. The molecule has 0 N–H and O–H groups in total. The zero-order valence-electron chi connectivity index (χ0n) is 10.4. The van der Waals surface area contributed by atoms with Crippen LogP contribution in [0.3, 0.4) is 0 Å². The van der Waals surface area contributed by atoms with Crippen LogP contribution in [0.1, 0.15) is 11.1 Å². The molecule has 0 saturated heterocycles. The Kier molecular flexibility index (Phi) is 4.58. The van der Waals surface area contributed by atoms with E-state index in [1.54, 1.807) is 6.08 Å². The summed E-state index contributed by atoms with van der Waals surface area (Å²) < 4.78 is 19.4. The van der Waals surface area contributed by atoms with Crippen molar-refractivity contribution in [3.63, 3.8) is 0 Å². The van der Waals surface area contributed by atoms with Crippen LogP contribution < -0.4 is 4.74 Å². The molecular weight excluding hydrogens is 263 g/mol. The Morgan fingerprint density at radius 3 is 2.58 bits per heavy atom. The summed E-state index contributed by atoms with van der Waals surface area (Å²) in [6, 6.07) is 12.5. The van der Waals surface area contributed by atoms with Gasteiger partial charge >= 0.3 is 0 Å². The molecule has 0 heterocycles. The first-order valence-electron chi connectivity index (χ1n) is 5.97. The molecule has 0 aliphatic rings. The Labute approximate surface area is 117 Å². The molecule has 2 rings (SSSR count). The summed E-state index contributed by atoms with van der Waals surface area (Å²) in [7, 11) is 0. The van der Waals surface area contributed by atoms with Crippen molar-refractivity contribution in [3.05, 3.63) is 77.1 Å². The standard InChI is InChI=1S/C16H14ClFO/c1-2-6-13-15(18)10-9-14(17)16(13)19-11-12-7-4-3-5-8-12/h2-5,7-10H,1,6,11H2. The fraction of sp³-hybridized carbons (Fsp3) is 0.125. The van der Waals surface area contributed by atoms with Gasteiger partial charge in [0.2, 0.25) is 0 Å². The molecule has 3 heteroatoms. The van der Waals surface area contributed by atoms with E-state index in [4.69, 9.17) is 16.3 Å². The van der Waals surface area contributed by atoms with Crippen LogP contribution in [0.15, 0.2) is 55.1 Å². The van der Waals surface area contributed by atoms with Crippen LogP contribution in [0, 0.1) is 5.82 Å². The van der Waals surface area contributed by atoms with Gasteiger partial charge in [-0.3, -0.25) is 0 Å². The highest BCUT2D eigenvalue weighted by atomic mass is 35.5. The topological polar surface area (TPSA) is 9.23 Å². The lowest BCUT2D eigenvalue weighted by molar-refractivity contribution is 0.301. The average molecular weight is 277 g/mol. The average Bonchev–Trinajstić information content (AvgIpc) is 2.43. The van der Waals surface area contributed by atoms with E-state index in [0.29, 0.717) is 29.4 Å². The van der Waals surface area contributed by atoms with E-state index in [2.05, 4.69) is 6.58 Å². The maximum Gasteiger partial charge on any atom is 0.144 e. The van der Waals surface area contributed by atoms with Crippen molar-refractivity contribution in [2.24, 2.45) is 0 Å². The van der Waals surface area contributed by atoms with Gasteiger partial charge in [-0.1, -0.05) is 48.0 Å². The van der Waals surface area contributed by atoms with Crippen molar-refractivity contribution in [1.29, 1.82) is 0 Å². The molecule has 0 fully saturated rings. The summed E-state index contributed by atoms with van der Waals surface area (Å²) in [5.74, 6) is 0.0674. The molecular formula is C16H14ClFO. The highest BCUT2D eigenvalue weighted by molar-refractivity contribution is 6.32. The maximum absolute atomic E-state index is 13.8. The highest BCUT2D eigenvalue weighted by Crippen LogP contribution is 2.32. The van der Waals surface area contributed by atoms with Crippen molar-refractivity contribution in [1.82, 2.24) is 0 Å². The van der Waals surface area contributed by atoms with E-state index in [1.807, 2.05) is 30.3 Å². The van der Waals surface area contributed by atoms with Gasteiger partial charge in [0.15, 0.2) is 0 Å². The van der Waals surface area contributed by atoms with Crippen LogP contribution >= 0.6 is 11.6 Å². The van der Waals surface area contributed by atoms with Gasteiger partial charge in [-0.05, 0) is 24.1 Å². The predicted octanol–water partition coefficient (Wildman–Crippen LogP) is 4.79. The molecule has 0 spiro atoms. The van der Waals surface area contributed by atoms with Crippen molar-refractivity contribution >= 4 is 11.6 Å². The van der Waals surface area contributed by atoms with Crippen LogP contribution in [0.2, 0.25) is 5.02 Å². The highest BCUT2D eigenvalue weighted by Gasteiger charge is 2.13. The first kappa shape index (κ1) is 13.6. The van der Waals surface area contributed by atoms with Crippen LogP contribution in [0.4, 0.5) is 4.39 Å². The van der Waals surface area contributed by atoms with Crippen molar-refractivity contribution in [3.8, 4) is 5.75 Å². The zero-order valence-corrected chi connectivity index (χ0v) is 11.2. The number of hydrogen-bond donors (Lipinski definition) is 0. The minimum absolute atomic E-state index is 0.327. The minimum Gasteiger partial charge on any atom is -0.487 e. The minimum atomic E-state index is -0.327. The Bertz CT molecular complexity index is 566. The normalized spacial score (nSPS) is 10.2. The lowest BCUT2D eigenvalue weighted by Gasteiger charge is -2.13. The first-order chi connectivity index (χ1) is 9.22. The molecule has 0 saturated carbocycles. The van der Waals surface area contributed by atoms with Gasteiger partial charge < -0.3 is 4.74 Å². The van der Waals surface area contributed by atoms with Crippen LogP contribution in [-0.4, -0.2) is 0 Å². The van der Waals surface area contributed by atoms with Crippen LogP contribution in [-0.2, 0) is 13.0 Å². The Morgan fingerprint density at radius 1 is 1.16 bits per heavy atom. The fourth-order valence-electron chi connectivity index (χ4n) is 1.80.